The van der Waals surface area contributed by atoms with E-state index in [9.17, 15) is 4.79 Å². The van der Waals surface area contributed by atoms with E-state index in [2.05, 4.69) is 33.6 Å². The summed E-state index contributed by atoms with van der Waals surface area (Å²) < 4.78 is 12.1. The maximum atomic E-state index is 12.3. The third kappa shape index (κ3) is 4.92. The summed E-state index contributed by atoms with van der Waals surface area (Å²) in [5, 5.41) is 5.64. The number of likely N-dealkylation sites (tertiary alicyclic amines) is 1. The van der Waals surface area contributed by atoms with Crippen LogP contribution in [0.15, 0.2) is 15.9 Å². The van der Waals surface area contributed by atoms with Crippen LogP contribution in [0.2, 0.25) is 0 Å². The van der Waals surface area contributed by atoms with Crippen LogP contribution in [0.3, 0.4) is 0 Å². The molecule has 1 fully saturated rings. The van der Waals surface area contributed by atoms with Crippen LogP contribution < -0.4 is 5.32 Å². The van der Waals surface area contributed by atoms with Crippen molar-refractivity contribution in [2.75, 3.05) is 20.2 Å². The van der Waals surface area contributed by atoms with Crippen molar-refractivity contribution in [3.05, 3.63) is 20.8 Å². The lowest BCUT2D eigenvalue weighted by Gasteiger charge is -2.24. The fourth-order valence-corrected chi connectivity index (χ4v) is 4.39. The smallest absolute Gasteiger partial charge is 0.410 e. The second-order valence-corrected chi connectivity index (χ2v) is 8.59. The largest absolute Gasteiger partial charge is 0.444 e. The fraction of sp³-hybridized carbons (Fsp3) is 0.688. The molecular formula is C16H25BrN2O3S. The Labute approximate surface area is 150 Å². The Kier molecular flexibility index (Phi) is 6.10. The highest BCUT2D eigenvalue weighted by molar-refractivity contribution is 9.10. The zero-order chi connectivity index (χ0) is 17.2. The van der Waals surface area contributed by atoms with E-state index < -0.39 is 5.60 Å². The monoisotopic (exact) mass is 404 g/mol. The van der Waals surface area contributed by atoms with Crippen LogP contribution in [0.4, 0.5) is 4.79 Å². The second-order valence-electron chi connectivity index (χ2n) is 6.79. The molecule has 1 aromatic rings. The number of thiophene rings is 1. The average molecular weight is 405 g/mol. The number of nitrogens with one attached hydrogen (secondary N) is 1. The van der Waals surface area contributed by atoms with E-state index in [0.29, 0.717) is 13.1 Å². The number of hydrogen-bond donors (Lipinski definition) is 1. The zero-order valence-electron chi connectivity index (χ0n) is 14.3. The quantitative estimate of drug-likeness (QED) is 0.828. The van der Waals surface area contributed by atoms with E-state index in [0.717, 1.165) is 4.47 Å². The first-order valence-electron chi connectivity index (χ1n) is 7.71. The normalized spacial score (nSPS) is 23.1. The predicted molar refractivity (Wildman–Crippen MR) is 96.0 cm³/mol. The van der Waals surface area contributed by atoms with Gasteiger partial charge in [0.2, 0.25) is 0 Å². The Hall–Kier alpha value is -0.630. The highest BCUT2D eigenvalue weighted by Gasteiger charge is 2.38. The molecule has 1 N–H and O–H groups in total. The molecule has 0 radical (unpaired) electrons. The van der Waals surface area contributed by atoms with Crippen molar-refractivity contribution < 1.29 is 14.3 Å². The van der Waals surface area contributed by atoms with Gasteiger partial charge in [-0.1, -0.05) is 0 Å². The van der Waals surface area contributed by atoms with Crippen molar-refractivity contribution in [3.63, 3.8) is 0 Å². The van der Waals surface area contributed by atoms with Gasteiger partial charge in [-0.15, -0.1) is 11.3 Å². The van der Waals surface area contributed by atoms with Crippen LogP contribution in [0.25, 0.3) is 0 Å². The summed E-state index contributed by atoms with van der Waals surface area (Å²) in [5.41, 5.74) is -0.486. The Bertz CT molecular complexity index is 544. The maximum Gasteiger partial charge on any atom is 0.410 e. The molecule has 130 valence electrons. The molecule has 1 saturated heterocycles. The summed E-state index contributed by atoms with van der Waals surface area (Å²) in [6.07, 6.45) is -0.322. The fourth-order valence-electron chi connectivity index (χ4n) is 2.66. The molecule has 23 heavy (non-hydrogen) atoms. The van der Waals surface area contributed by atoms with Crippen molar-refractivity contribution in [3.8, 4) is 0 Å². The molecule has 2 heterocycles. The lowest BCUT2D eigenvalue weighted by Crippen LogP contribution is -2.41. The summed E-state index contributed by atoms with van der Waals surface area (Å²) in [4.78, 5) is 15.2. The first kappa shape index (κ1) is 18.7. The number of methoxy groups -OCH3 is 1. The molecule has 1 aliphatic heterocycles. The minimum atomic E-state index is -0.486. The van der Waals surface area contributed by atoms with Gasteiger partial charge in [-0.3, -0.25) is 0 Å². The summed E-state index contributed by atoms with van der Waals surface area (Å²) >= 11 is 5.28. The van der Waals surface area contributed by atoms with Gasteiger partial charge in [-0.05, 0) is 55.1 Å². The average Bonchev–Trinajstić information content (AvgIpc) is 3.03. The molecule has 3 atom stereocenters. The maximum absolute atomic E-state index is 12.3. The lowest BCUT2D eigenvalue weighted by atomic mass is 10.1. The molecule has 5 nitrogen and oxygen atoms in total. The molecule has 2 unspecified atom stereocenters. The summed E-state index contributed by atoms with van der Waals surface area (Å²) in [7, 11) is 1.68. The van der Waals surface area contributed by atoms with Gasteiger partial charge < -0.3 is 19.7 Å². The number of carbonyl (C=O) groups is 1. The van der Waals surface area contributed by atoms with Crippen LogP contribution in [0.1, 0.15) is 38.6 Å². The number of amides is 1. The Morgan fingerprint density at radius 3 is 2.70 bits per heavy atom. The highest BCUT2D eigenvalue weighted by Crippen LogP contribution is 2.30. The van der Waals surface area contributed by atoms with Gasteiger partial charge >= 0.3 is 6.09 Å². The Balaban J connectivity index is 1.99. The number of halogens is 1. The van der Waals surface area contributed by atoms with Gasteiger partial charge in [0.05, 0.1) is 18.7 Å². The Morgan fingerprint density at radius 1 is 1.48 bits per heavy atom. The molecule has 1 aliphatic rings. The van der Waals surface area contributed by atoms with Gasteiger partial charge in [0.15, 0.2) is 0 Å². The molecule has 0 aromatic carbocycles. The number of rotatable bonds is 4. The summed E-state index contributed by atoms with van der Waals surface area (Å²) in [5.74, 6) is 0. The predicted octanol–water partition coefficient (Wildman–Crippen LogP) is 3.80. The van der Waals surface area contributed by atoms with Crippen molar-refractivity contribution >= 4 is 33.4 Å². The zero-order valence-corrected chi connectivity index (χ0v) is 16.7. The molecular weight excluding hydrogens is 380 g/mol. The van der Waals surface area contributed by atoms with Crippen molar-refractivity contribution in [2.45, 2.75) is 51.5 Å². The van der Waals surface area contributed by atoms with Crippen LogP contribution >= 0.6 is 27.3 Å². The second kappa shape index (κ2) is 7.51. The van der Waals surface area contributed by atoms with Gasteiger partial charge in [-0.2, -0.15) is 0 Å². The van der Waals surface area contributed by atoms with E-state index in [1.807, 2.05) is 26.8 Å². The van der Waals surface area contributed by atoms with Crippen LogP contribution in [0.5, 0.6) is 0 Å². The van der Waals surface area contributed by atoms with Gasteiger partial charge in [0, 0.05) is 29.0 Å². The first-order chi connectivity index (χ1) is 10.7. The number of ether oxygens (including phenoxy) is 2. The highest BCUT2D eigenvalue weighted by atomic mass is 79.9. The van der Waals surface area contributed by atoms with Crippen molar-refractivity contribution in [1.82, 2.24) is 10.2 Å². The number of carbonyl (C=O) groups excluding carboxylic acids is 1. The molecule has 0 aliphatic carbocycles. The minimum absolute atomic E-state index is 0.0382. The summed E-state index contributed by atoms with van der Waals surface area (Å²) in [6, 6.07) is 2.32. The first-order valence-corrected chi connectivity index (χ1v) is 9.38. The topological polar surface area (TPSA) is 50.8 Å². The molecule has 7 heteroatoms. The Morgan fingerprint density at radius 2 is 2.17 bits per heavy atom. The molecule has 0 saturated carbocycles. The van der Waals surface area contributed by atoms with Crippen molar-refractivity contribution in [1.29, 1.82) is 0 Å². The molecule has 1 amide bonds. The molecule has 2 rings (SSSR count). The van der Waals surface area contributed by atoms with Gasteiger partial charge in [-0.25, -0.2) is 4.79 Å². The van der Waals surface area contributed by atoms with Crippen LogP contribution in [-0.4, -0.2) is 48.9 Å². The molecule has 0 spiro atoms. The van der Waals surface area contributed by atoms with E-state index in [4.69, 9.17) is 9.47 Å². The van der Waals surface area contributed by atoms with E-state index in [1.54, 1.807) is 23.3 Å². The van der Waals surface area contributed by atoms with Crippen LogP contribution in [0, 0.1) is 0 Å². The number of hydrogen-bond acceptors (Lipinski definition) is 5. The molecule has 0 bridgehead atoms. The van der Waals surface area contributed by atoms with E-state index >= 15 is 0 Å². The van der Waals surface area contributed by atoms with E-state index in [1.165, 1.54) is 4.88 Å². The van der Waals surface area contributed by atoms with Gasteiger partial charge in [0.1, 0.15) is 5.60 Å². The molecule has 1 aromatic heterocycles. The van der Waals surface area contributed by atoms with E-state index in [-0.39, 0.29) is 24.3 Å². The third-order valence-electron chi connectivity index (χ3n) is 3.72. The number of nitrogens with zero attached hydrogens (tertiary/aromatic N) is 1. The lowest BCUT2D eigenvalue weighted by molar-refractivity contribution is 0.0252. The van der Waals surface area contributed by atoms with Gasteiger partial charge in [0.25, 0.3) is 0 Å². The SMILES string of the molecule is CO[C@H]1CN(C(=O)OC(C)(C)C)CC1NC(C)c1sccc1Br. The van der Waals surface area contributed by atoms with Crippen LogP contribution in [-0.2, 0) is 9.47 Å². The minimum Gasteiger partial charge on any atom is -0.444 e. The standard InChI is InChI=1S/C16H25BrN2O3S/c1-10(14-11(17)6-7-23-14)18-12-8-19(9-13(12)21-5)15(20)22-16(2,3)4/h6-7,10,12-13,18H,8-9H2,1-5H3/t10?,12?,13-/m0/s1. The summed E-state index contributed by atoms with van der Waals surface area (Å²) in [6.45, 7) is 8.88. The van der Waals surface area contributed by atoms with Crippen molar-refractivity contribution in [2.24, 2.45) is 0 Å². The third-order valence-corrected chi connectivity index (χ3v) is 5.78.